The summed E-state index contributed by atoms with van der Waals surface area (Å²) in [6.45, 7) is 7.39. The first-order valence-corrected chi connectivity index (χ1v) is 28.8. The molecule has 442 valence electrons. The molecule has 18 heteroatoms. The Bertz CT molecular complexity index is 3420. The van der Waals surface area contributed by atoms with Crippen molar-refractivity contribution in [3.8, 4) is 17.2 Å². The van der Waals surface area contributed by atoms with Crippen molar-refractivity contribution in [2.75, 3.05) is 57.5 Å². The summed E-state index contributed by atoms with van der Waals surface area (Å²) < 4.78 is 18.4. The van der Waals surface area contributed by atoms with Gasteiger partial charge in [0.25, 0.3) is 35.4 Å². The van der Waals surface area contributed by atoms with E-state index >= 15 is 0 Å². The first kappa shape index (κ1) is 62.6. The molecule has 0 saturated carbocycles. The van der Waals surface area contributed by atoms with Crippen molar-refractivity contribution in [2.45, 2.75) is 97.8 Å². The zero-order chi connectivity index (χ0) is 60.5. The molecular formula is C67H73N7O11. The molecule has 7 aromatic carbocycles. The van der Waals surface area contributed by atoms with Crippen LogP contribution in [0.2, 0.25) is 0 Å². The van der Waals surface area contributed by atoms with Gasteiger partial charge in [-0.05, 0) is 153 Å². The number of carbonyl (C=O) groups excluding carboxylic acids is 6. The van der Waals surface area contributed by atoms with Crippen molar-refractivity contribution in [1.82, 2.24) is 0 Å². The van der Waals surface area contributed by atoms with E-state index < -0.39 is 35.5 Å². The second-order valence-corrected chi connectivity index (χ2v) is 20.2. The molecular weight excluding hydrogens is 1080 g/mol. The summed E-state index contributed by atoms with van der Waals surface area (Å²) in [5.41, 5.74) is 10.5. The third-order valence-corrected chi connectivity index (χ3v) is 13.6. The number of amides is 6. The highest BCUT2D eigenvalue weighted by Gasteiger charge is 2.20. The minimum atomic E-state index is -1.08. The highest BCUT2D eigenvalue weighted by molar-refractivity contribution is 6.11. The summed E-state index contributed by atoms with van der Waals surface area (Å²) in [6, 6.07) is 39.3. The summed E-state index contributed by atoms with van der Waals surface area (Å²) in [7, 11) is 0. The Morgan fingerprint density at radius 2 is 0.588 bits per heavy atom. The fourth-order valence-electron chi connectivity index (χ4n) is 8.80. The number of carbonyl (C=O) groups is 7. The molecule has 0 saturated heterocycles. The third kappa shape index (κ3) is 19.0. The van der Waals surface area contributed by atoms with Gasteiger partial charge in [-0.25, -0.2) is 4.79 Å². The van der Waals surface area contributed by atoms with Gasteiger partial charge in [0.15, 0.2) is 0 Å². The van der Waals surface area contributed by atoms with E-state index in [1.54, 1.807) is 127 Å². The number of anilines is 7. The van der Waals surface area contributed by atoms with Gasteiger partial charge < -0.3 is 57.0 Å². The number of aromatic carboxylic acids is 1. The van der Waals surface area contributed by atoms with Gasteiger partial charge in [-0.2, -0.15) is 0 Å². The van der Waals surface area contributed by atoms with Crippen LogP contribution in [0.4, 0.5) is 39.8 Å². The first-order chi connectivity index (χ1) is 41.2. The van der Waals surface area contributed by atoms with E-state index in [4.69, 9.17) is 19.9 Å². The van der Waals surface area contributed by atoms with Crippen molar-refractivity contribution < 1.29 is 52.9 Å². The molecule has 7 rings (SSSR count). The van der Waals surface area contributed by atoms with Crippen LogP contribution in [-0.4, -0.2) is 66.3 Å². The maximum atomic E-state index is 13.9. The SMILES string of the molecule is CCCCCCOc1cc(NC(=O)c2ccc(N)cc2)ccc1C(=O)Nc1ccc(C(=O)Nc2ccc(C(=O)Nc3ccc(C(=O)Nc4ccc(C(=O)Nc5ccc(C(=O)O)cc5)c(OCCCCCC)c4)cc3)c(OCCCCCC)c2)cc1. The molecule has 18 nitrogen and oxygen atoms in total. The molecule has 0 spiro atoms. The van der Waals surface area contributed by atoms with Crippen LogP contribution >= 0.6 is 0 Å². The van der Waals surface area contributed by atoms with Crippen molar-refractivity contribution in [3.05, 3.63) is 191 Å². The van der Waals surface area contributed by atoms with E-state index in [9.17, 15) is 38.7 Å². The number of carboxylic acids is 1. The molecule has 7 aromatic rings. The average molecular weight is 1150 g/mol. The van der Waals surface area contributed by atoms with Gasteiger partial charge in [0, 0.05) is 74.7 Å². The maximum Gasteiger partial charge on any atom is 0.335 e. The van der Waals surface area contributed by atoms with Crippen LogP contribution in [0.15, 0.2) is 152 Å². The van der Waals surface area contributed by atoms with Gasteiger partial charge in [-0.15, -0.1) is 0 Å². The number of ether oxygens (including phenoxy) is 3. The van der Waals surface area contributed by atoms with E-state index in [2.05, 4.69) is 52.7 Å². The second kappa shape index (κ2) is 32.0. The lowest BCUT2D eigenvalue weighted by molar-refractivity contribution is 0.0695. The van der Waals surface area contributed by atoms with Crippen molar-refractivity contribution in [3.63, 3.8) is 0 Å². The molecule has 0 aliphatic heterocycles. The van der Waals surface area contributed by atoms with E-state index in [0.29, 0.717) is 76.5 Å². The number of nitrogen functional groups attached to an aromatic ring is 1. The molecule has 85 heavy (non-hydrogen) atoms. The van der Waals surface area contributed by atoms with Gasteiger partial charge in [0.2, 0.25) is 0 Å². The minimum absolute atomic E-state index is 0.0826. The lowest BCUT2D eigenvalue weighted by Gasteiger charge is -2.15. The Balaban J connectivity index is 0.980. The molecule has 9 N–H and O–H groups in total. The molecule has 0 heterocycles. The number of hydrogen-bond donors (Lipinski definition) is 8. The molecule has 0 aromatic heterocycles. The monoisotopic (exact) mass is 1150 g/mol. The van der Waals surface area contributed by atoms with Gasteiger partial charge in [0.1, 0.15) is 17.2 Å². The normalized spacial score (nSPS) is 10.7. The average Bonchev–Trinajstić information content (AvgIpc) is 3.64. The minimum Gasteiger partial charge on any atom is -0.493 e. The molecule has 0 unspecified atom stereocenters. The van der Waals surface area contributed by atoms with Crippen LogP contribution in [0.3, 0.4) is 0 Å². The standard InChI is InChI=1S/C67H73N7O11/c1-4-7-10-13-38-83-58-41-52(72-61(75)44-16-24-48(68)25-17-44)32-35-55(58)64(78)69-49-26-18-45(19-27-49)62(76)73-53-33-36-56(59(42-53)84-39-14-11-8-5-2)65(79)70-50-28-20-46(21-29-50)63(77)74-54-34-37-57(60(43-54)85-40-15-12-9-6-3)66(80)71-51-30-22-47(23-31-51)67(81)82/h16-37,41-43H,4-15,38-40,68H2,1-3H3,(H,69,78)(H,70,79)(H,71,80)(H,72,75)(H,73,76)(H,74,77)(H,81,82). The summed E-state index contributed by atoms with van der Waals surface area (Å²) >= 11 is 0. The van der Waals surface area contributed by atoms with Gasteiger partial charge in [0.05, 0.1) is 42.1 Å². The number of unbranched alkanes of at least 4 members (excludes halogenated alkanes) is 9. The van der Waals surface area contributed by atoms with Crippen LogP contribution in [0, 0.1) is 0 Å². The fourth-order valence-corrected chi connectivity index (χ4v) is 8.80. The van der Waals surface area contributed by atoms with Crippen LogP contribution in [-0.2, 0) is 0 Å². The Morgan fingerprint density at radius 1 is 0.329 bits per heavy atom. The highest BCUT2D eigenvalue weighted by Crippen LogP contribution is 2.30. The lowest BCUT2D eigenvalue weighted by Crippen LogP contribution is -2.17. The van der Waals surface area contributed by atoms with Crippen LogP contribution < -0.4 is 51.8 Å². The molecule has 0 atom stereocenters. The number of carboxylic acid groups (broad SMARTS) is 1. The number of hydrogen-bond acceptors (Lipinski definition) is 11. The van der Waals surface area contributed by atoms with Crippen LogP contribution in [0.5, 0.6) is 17.2 Å². The molecule has 6 amide bonds. The molecule has 0 aliphatic carbocycles. The summed E-state index contributed by atoms with van der Waals surface area (Å²) in [5.74, 6) is -2.92. The zero-order valence-corrected chi connectivity index (χ0v) is 48.1. The van der Waals surface area contributed by atoms with Gasteiger partial charge in [-0.3, -0.25) is 28.8 Å². The van der Waals surface area contributed by atoms with Gasteiger partial charge >= 0.3 is 5.97 Å². The fraction of sp³-hybridized carbons (Fsp3) is 0.269. The first-order valence-electron chi connectivity index (χ1n) is 28.8. The molecule has 0 fully saturated rings. The second-order valence-electron chi connectivity index (χ2n) is 20.2. The predicted octanol–water partition coefficient (Wildman–Crippen LogP) is 14.4. The maximum absolute atomic E-state index is 13.9. The smallest absolute Gasteiger partial charge is 0.335 e. The van der Waals surface area contributed by atoms with Gasteiger partial charge in [-0.1, -0.05) is 78.6 Å². The third-order valence-electron chi connectivity index (χ3n) is 13.6. The molecule has 0 aliphatic rings. The lowest BCUT2D eigenvalue weighted by atomic mass is 10.1. The van der Waals surface area contributed by atoms with Crippen LogP contribution in [0.1, 0.15) is 170 Å². The zero-order valence-electron chi connectivity index (χ0n) is 48.1. The number of benzene rings is 7. The summed E-state index contributed by atoms with van der Waals surface area (Å²) in [4.78, 5) is 92.5. The largest absolute Gasteiger partial charge is 0.493 e. The van der Waals surface area contributed by atoms with E-state index in [1.807, 2.05) is 0 Å². The number of nitrogens with two attached hydrogens (primary N) is 1. The Labute approximate surface area is 495 Å². The van der Waals surface area contributed by atoms with E-state index in [0.717, 1.165) is 77.0 Å². The Hall–Kier alpha value is -9.97. The molecule has 0 radical (unpaired) electrons. The molecule has 0 bridgehead atoms. The summed E-state index contributed by atoms with van der Waals surface area (Å²) in [6.07, 6.45) is 11.4. The Kier molecular flexibility index (Phi) is 23.6. The van der Waals surface area contributed by atoms with E-state index in [1.165, 1.54) is 24.3 Å². The highest BCUT2D eigenvalue weighted by atomic mass is 16.5. The Morgan fingerprint density at radius 3 is 0.871 bits per heavy atom. The van der Waals surface area contributed by atoms with Crippen molar-refractivity contribution in [1.29, 1.82) is 0 Å². The predicted molar refractivity (Wildman–Crippen MR) is 333 cm³/mol. The van der Waals surface area contributed by atoms with Crippen molar-refractivity contribution >= 4 is 81.2 Å². The van der Waals surface area contributed by atoms with E-state index in [-0.39, 0.29) is 45.2 Å². The number of nitrogens with one attached hydrogen (secondary N) is 6. The quantitative estimate of drug-likeness (QED) is 0.0149. The van der Waals surface area contributed by atoms with Crippen LogP contribution in [0.25, 0.3) is 0 Å². The van der Waals surface area contributed by atoms with Crippen molar-refractivity contribution in [2.24, 2.45) is 0 Å². The number of rotatable bonds is 31. The summed E-state index contributed by atoms with van der Waals surface area (Å²) in [5, 5.41) is 26.4. The topological polar surface area (TPSA) is 266 Å².